The number of piperazine rings is 1. The SMILES string of the molecule is Cc1ccc(OCc2nc(C#N)c(N3CCN(c4ccccc4)CC3)o2)c(C)c1. The lowest BCUT2D eigenvalue weighted by Gasteiger charge is -2.35. The molecular weight excluding hydrogens is 364 g/mol. The van der Waals surface area contributed by atoms with Gasteiger partial charge in [0.05, 0.1) is 0 Å². The molecule has 0 bridgehead atoms. The molecule has 1 fully saturated rings. The average Bonchev–Trinajstić information content (AvgIpc) is 3.17. The van der Waals surface area contributed by atoms with Crippen LogP contribution in [0.3, 0.4) is 0 Å². The number of rotatable bonds is 5. The van der Waals surface area contributed by atoms with Crippen molar-refractivity contribution in [2.24, 2.45) is 0 Å². The third kappa shape index (κ3) is 4.19. The van der Waals surface area contributed by atoms with E-state index in [1.165, 1.54) is 11.3 Å². The van der Waals surface area contributed by atoms with E-state index >= 15 is 0 Å². The smallest absolute Gasteiger partial charge is 0.236 e. The lowest BCUT2D eigenvalue weighted by molar-refractivity contribution is 0.262. The van der Waals surface area contributed by atoms with Gasteiger partial charge in [-0.25, -0.2) is 0 Å². The first-order valence-corrected chi connectivity index (χ1v) is 9.79. The van der Waals surface area contributed by atoms with Crippen LogP contribution in [0.5, 0.6) is 5.75 Å². The van der Waals surface area contributed by atoms with Gasteiger partial charge in [-0.1, -0.05) is 35.9 Å². The summed E-state index contributed by atoms with van der Waals surface area (Å²) >= 11 is 0. The zero-order chi connectivity index (χ0) is 20.2. The van der Waals surface area contributed by atoms with Gasteiger partial charge < -0.3 is 19.0 Å². The van der Waals surface area contributed by atoms with Crippen molar-refractivity contribution < 1.29 is 9.15 Å². The van der Waals surface area contributed by atoms with Crippen LogP contribution in [0.1, 0.15) is 22.7 Å². The number of anilines is 2. The van der Waals surface area contributed by atoms with E-state index in [0.717, 1.165) is 37.5 Å². The van der Waals surface area contributed by atoms with Crippen LogP contribution >= 0.6 is 0 Å². The molecular formula is C23H24N4O2. The first-order valence-electron chi connectivity index (χ1n) is 9.79. The van der Waals surface area contributed by atoms with E-state index in [9.17, 15) is 5.26 Å². The van der Waals surface area contributed by atoms with Gasteiger partial charge in [0.1, 0.15) is 11.8 Å². The number of hydrogen-bond donors (Lipinski definition) is 0. The van der Waals surface area contributed by atoms with Gasteiger partial charge in [0.15, 0.2) is 6.61 Å². The highest BCUT2D eigenvalue weighted by Gasteiger charge is 2.24. The Labute approximate surface area is 170 Å². The Morgan fingerprint density at radius 3 is 2.45 bits per heavy atom. The van der Waals surface area contributed by atoms with E-state index in [1.807, 2.05) is 44.2 Å². The van der Waals surface area contributed by atoms with Crippen LogP contribution in [-0.4, -0.2) is 31.2 Å². The Morgan fingerprint density at radius 2 is 1.76 bits per heavy atom. The number of nitriles is 1. The molecule has 29 heavy (non-hydrogen) atoms. The summed E-state index contributed by atoms with van der Waals surface area (Å²) in [6, 6.07) is 18.5. The minimum Gasteiger partial charge on any atom is -0.484 e. The number of aromatic nitrogens is 1. The molecule has 2 heterocycles. The summed E-state index contributed by atoms with van der Waals surface area (Å²) in [5.74, 6) is 1.76. The maximum absolute atomic E-state index is 9.50. The van der Waals surface area contributed by atoms with Crippen LogP contribution in [0.2, 0.25) is 0 Å². The molecule has 0 unspecified atom stereocenters. The Bertz CT molecular complexity index is 1020. The number of oxazole rings is 1. The molecule has 0 atom stereocenters. The standard InChI is InChI=1S/C23H24N4O2/c1-17-8-9-21(18(2)14-17)28-16-22-25-20(15-24)23(29-22)27-12-10-26(11-13-27)19-6-4-3-5-7-19/h3-9,14H,10-13,16H2,1-2H3. The number of benzene rings is 2. The molecule has 0 saturated carbocycles. The van der Waals surface area contributed by atoms with Gasteiger partial charge in [0, 0.05) is 31.9 Å². The van der Waals surface area contributed by atoms with E-state index in [4.69, 9.17) is 9.15 Å². The molecule has 0 amide bonds. The second-order valence-corrected chi connectivity index (χ2v) is 7.24. The molecule has 0 radical (unpaired) electrons. The lowest BCUT2D eigenvalue weighted by atomic mass is 10.1. The molecule has 2 aromatic carbocycles. The van der Waals surface area contributed by atoms with Crippen molar-refractivity contribution in [2.45, 2.75) is 20.5 Å². The van der Waals surface area contributed by atoms with E-state index in [1.54, 1.807) is 0 Å². The quantitative estimate of drug-likeness (QED) is 0.656. The largest absolute Gasteiger partial charge is 0.484 e. The monoisotopic (exact) mass is 388 g/mol. The van der Waals surface area contributed by atoms with E-state index < -0.39 is 0 Å². The highest BCUT2D eigenvalue weighted by molar-refractivity contribution is 5.52. The fraction of sp³-hybridized carbons (Fsp3) is 0.304. The second-order valence-electron chi connectivity index (χ2n) is 7.24. The Balaban J connectivity index is 1.42. The summed E-state index contributed by atoms with van der Waals surface area (Å²) < 4.78 is 11.8. The van der Waals surface area contributed by atoms with Crippen LogP contribution in [0, 0.1) is 25.2 Å². The Hall–Kier alpha value is -3.46. The highest BCUT2D eigenvalue weighted by atomic mass is 16.5. The molecule has 6 heteroatoms. The van der Waals surface area contributed by atoms with Gasteiger partial charge in [-0.3, -0.25) is 0 Å². The second kappa shape index (κ2) is 8.27. The number of nitrogens with zero attached hydrogens (tertiary/aromatic N) is 4. The fourth-order valence-corrected chi connectivity index (χ4v) is 3.61. The zero-order valence-corrected chi connectivity index (χ0v) is 16.8. The molecule has 1 aromatic heterocycles. The number of para-hydroxylation sites is 1. The Kier molecular flexibility index (Phi) is 5.39. The van der Waals surface area contributed by atoms with Crippen LogP contribution in [0.4, 0.5) is 11.6 Å². The van der Waals surface area contributed by atoms with Crippen LogP contribution < -0.4 is 14.5 Å². The molecule has 1 aliphatic heterocycles. The van der Waals surface area contributed by atoms with Gasteiger partial charge in [-0.2, -0.15) is 10.2 Å². The summed E-state index contributed by atoms with van der Waals surface area (Å²) in [6.45, 7) is 7.53. The van der Waals surface area contributed by atoms with Crippen molar-refractivity contribution in [3.05, 3.63) is 71.2 Å². The predicted octanol–water partition coefficient (Wildman–Crippen LogP) is 4.07. The van der Waals surface area contributed by atoms with Crippen molar-refractivity contribution in [3.8, 4) is 11.8 Å². The van der Waals surface area contributed by atoms with Gasteiger partial charge in [-0.05, 0) is 37.6 Å². The topological polar surface area (TPSA) is 65.5 Å². The first kappa shape index (κ1) is 18.9. The normalized spacial score (nSPS) is 14.0. The summed E-state index contributed by atoms with van der Waals surface area (Å²) in [4.78, 5) is 8.76. The number of ether oxygens (including phenoxy) is 1. The fourth-order valence-electron chi connectivity index (χ4n) is 3.61. The van der Waals surface area contributed by atoms with E-state index in [-0.39, 0.29) is 6.61 Å². The summed E-state index contributed by atoms with van der Waals surface area (Å²) in [5.41, 5.74) is 3.79. The van der Waals surface area contributed by atoms with Gasteiger partial charge >= 0.3 is 0 Å². The van der Waals surface area contributed by atoms with Crippen LogP contribution in [0.15, 0.2) is 52.9 Å². The van der Waals surface area contributed by atoms with Crippen molar-refractivity contribution in [3.63, 3.8) is 0 Å². The summed E-state index contributed by atoms with van der Waals surface area (Å²) in [5, 5.41) is 9.50. The van der Waals surface area contributed by atoms with Crippen molar-refractivity contribution in [2.75, 3.05) is 36.0 Å². The third-order valence-corrected chi connectivity index (χ3v) is 5.13. The molecule has 4 rings (SSSR count). The molecule has 0 spiro atoms. The maximum atomic E-state index is 9.50. The number of aryl methyl sites for hydroxylation is 2. The van der Waals surface area contributed by atoms with Crippen molar-refractivity contribution in [1.29, 1.82) is 5.26 Å². The molecule has 3 aromatic rings. The van der Waals surface area contributed by atoms with Gasteiger partial charge in [0.2, 0.25) is 17.5 Å². The van der Waals surface area contributed by atoms with Crippen molar-refractivity contribution >= 4 is 11.6 Å². The molecule has 6 nitrogen and oxygen atoms in total. The minimum atomic E-state index is 0.197. The highest BCUT2D eigenvalue weighted by Crippen LogP contribution is 2.26. The van der Waals surface area contributed by atoms with E-state index in [2.05, 4.69) is 39.1 Å². The van der Waals surface area contributed by atoms with Gasteiger partial charge in [0.25, 0.3) is 0 Å². The third-order valence-electron chi connectivity index (χ3n) is 5.13. The summed E-state index contributed by atoms with van der Waals surface area (Å²) in [7, 11) is 0. The predicted molar refractivity (Wildman–Crippen MR) is 112 cm³/mol. The first-order chi connectivity index (χ1) is 14.1. The van der Waals surface area contributed by atoms with E-state index in [0.29, 0.717) is 17.5 Å². The van der Waals surface area contributed by atoms with Gasteiger partial charge in [-0.15, -0.1) is 0 Å². The summed E-state index contributed by atoms with van der Waals surface area (Å²) in [6.07, 6.45) is 0. The molecule has 0 aliphatic carbocycles. The molecule has 1 saturated heterocycles. The number of hydrogen-bond acceptors (Lipinski definition) is 6. The minimum absolute atomic E-state index is 0.197. The lowest BCUT2D eigenvalue weighted by Crippen LogP contribution is -2.46. The zero-order valence-electron chi connectivity index (χ0n) is 16.8. The average molecular weight is 388 g/mol. The van der Waals surface area contributed by atoms with Crippen LogP contribution in [-0.2, 0) is 6.61 Å². The van der Waals surface area contributed by atoms with Crippen LogP contribution in [0.25, 0.3) is 0 Å². The maximum Gasteiger partial charge on any atom is 0.236 e. The molecule has 0 N–H and O–H groups in total. The molecule has 1 aliphatic rings. The Morgan fingerprint density at radius 1 is 1.03 bits per heavy atom. The molecule has 148 valence electrons. The van der Waals surface area contributed by atoms with Crippen molar-refractivity contribution in [1.82, 2.24) is 4.98 Å².